The third-order valence-electron chi connectivity index (χ3n) is 5.71. The number of hydrogen-bond acceptors (Lipinski definition) is 2. The summed E-state index contributed by atoms with van der Waals surface area (Å²) in [5.74, 6) is 0.762. The van der Waals surface area contributed by atoms with Crippen molar-refractivity contribution in [3.8, 4) is 0 Å². The van der Waals surface area contributed by atoms with Crippen LogP contribution in [0.2, 0.25) is 0 Å². The molecule has 3 aromatic rings. The number of aryl methyl sites for hydroxylation is 1. The predicted molar refractivity (Wildman–Crippen MR) is 121 cm³/mol. The maximum atomic E-state index is 2.49. The zero-order valence-corrected chi connectivity index (χ0v) is 17.8. The SMILES string of the molecule is CCCCCc1ccc2c(c1)sc1c3c(sc12)CC(CCCCC)C=C3. The van der Waals surface area contributed by atoms with Crippen molar-refractivity contribution in [3.63, 3.8) is 0 Å². The maximum Gasteiger partial charge on any atom is 0.0538 e. The van der Waals surface area contributed by atoms with Gasteiger partial charge in [-0.05, 0) is 43.2 Å². The van der Waals surface area contributed by atoms with E-state index in [2.05, 4.69) is 55.5 Å². The van der Waals surface area contributed by atoms with Crippen LogP contribution in [-0.2, 0) is 12.8 Å². The third kappa shape index (κ3) is 3.64. The molecule has 2 heterocycles. The molecule has 138 valence electrons. The molecule has 2 heteroatoms. The van der Waals surface area contributed by atoms with Gasteiger partial charge in [0.05, 0.1) is 9.40 Å². The molecule has 0 fully saturated rings. The highest BCUT2D eigenvalue weighted by molar-refractivity contribution is 7.33. The molecule has 0 saturated heterocycles. The highest BCUT2D eigenvalue weighted by Crippen LogP contribution is 2.46. The molecule has 1 unspecified atom stereocenters. The number of unbranched alkanes of at least 4 members (excludes halogenated alkanes) is 4. The second-order valence-corrected chi connectivity index (χ2v) is 9.96. The number of thiophene rings is 2. The number of benzene rings is 1. The first kappa shape index (κ1) is 18.3. The molecular formula is C24H30S2. The molecule has 1 aromatic carbocycles. The largest absolute Gasteiger partial charge is 0.138 e. The van der Waals surface area contributed by atoms with Gasteiger partial charge in [0.2, 0.25) is 0 Å². The van der Waals surface area contributed by atoms with Crippen molar-refractivity contribution in [2.75, 3.05) is 0 Å². The summed E-state index contributed by atoms with van der Waals surface area (Å²) in [5, 5.41) is 1.49. The summed E-state index contributed by atoms with van der Waals surface area (Å²) < 4.78 is 4.56. The second kappa shape index (κ2) is 8.27. The van der Waals surface area contributed by atoms with Crippen molar-refractivity contribution in [1.29, 1.82) is 0 Å². The molecule has 0 nitrogen and oxygen atoms in total. The molecule has 0 radical (unpaired) electrons. The molecule has 0 bridgehead atoms. The van der Waals surface area contributed by atoms with Crippen molar-refractivity contribution in [1.82, 2.24) is 0 Å². The lowest BCUT2D eigenvalue weighted by Crippen LogP contribution is -2.04. The Morgan fingerprint density at radius 2 is 1.81 bits per heavy atom. The van der Waals surface area contributed by atoms with Gasteiger partial charge in [-0.15, -0.1) is 22.7 Å². The van der Waals surface area contributed by atoms with E-state index in [9.17, 15) is 0 Å². The van der Waals surface area contributed by atoms with Crippen molar-refractivity contribution in [2.45, 2.75) is 71.6 Å². The Morgan fingerprint density at radius 3 is 2.65 bits per heavy atom. The van der Waals surface area contributed by atoms with Crippen LogP contribution in [0.3, 0.4) is 0 Å². The molecule has 1 atom stereocenters. The lowest BCUT2D eigenvalue weighted by atomic mass is 9.91. The van der Waals surface area contributed by atoms with Gasteiger partial charge in [0.1, 0.15) is 0 Å². The molecule has 1 aliphatic carbocycles. The number of rotatable bonds is 8. The van der Waals surface area contributed by atoms with Crippen molar-refractivity contribution < 1.29 is 0 Å². The molecule has 0 spiro atoms. The van der Waals surface area contributed by atoms with Gasteiger partial charge in [-0.1, -0.05) is 70.2 Å². The summed E-state index contributed by atoms with van der Waals surface area (Å²) >= 11 is 4.08. The Balaban J connectivity index is 1.58. The average molecular weight is 383 g/mol. The lowest BCUT2D eigenvalue weighted by Gasteiger charge is -2.16. The summed E-state index contributed by atoms with van der Waals surface area (Å²) in [4.78, 5) is 1.63. The van der Waals surface area contributed by atoms with Gasteiger partial charge in [-0.3, -0.25) is 0 Å². The highest BCUT2D eigenvalue weighted by Gasteiger charge is 2.21. The molecule has 0 N–H and O–H groups in total. The van der Waals surface area contributed by atoms with Crippen molar-refractivity contribution in [3.05, 3.63) is 40.3 Å². The van der Waals surface area contributed by atoms with E-state index < -0.39 is 0 Å². The third-order valence-corrected chi connectivity index (χ3v) is 8.29. The predicted octanol–water partition coefficient (Wildman–Crippen LogP) is 8.61. The zero-order chi connectivity index (χ0) is 17.9. The van der Waals surface area contributed by atoms with Crippen molar-refractivity contribution in [2.24, 2.45) is 5.92 Å². The van der Waals surface area contributed by atoms with Gasteiger partial charge < -0.3 is 0 Å². The number of fused-ring (bicyclic) bond motifs is 5. The normalized spacial score (nSPS) is 16.6. The molecule has 0 amide bonds. The van der Waals surface area contributed by atoms with Crippen LogP contribution >= 0.6 is 22.7 Å². The van der Waals surface area contributed by atoms with Crippen LogP contribution in [0.15, 0.2) is 24.3 Å². The van der Waals surface area contributed by atoms with E-state index in [1.807, 2.05) is 11.3 Å². The zero-order valence-electron chi connectivity index (χ0n) is 16.1. The minimum atomic E-state index is 0.762. The molecule has 2 aromatic heterocycles. The van der Waals surface area contributed by atoms with Crippen LogP contribution in [0.1, 0.15) is 74.8 Å². The van der Waals surface area contributed by atoms with Crippen molar-refractivity contribution >= 4 is 48.2 Å². The maximum absolute atomic E-state index is 2.49. The van der Waals surface area contributed by atoms with Gasteiger partial charge in [0.15, 0.2) is 0 Å². The highest BCUT2D eigenvalue weighted by atomic mass is 32.1. The summed E-state index contributed by atoms with van der Waals surface area (Å²) in [7, 11) is 0. The van der Waals surface area contributed by atoms with Gasteiger partial charge >= 0.3 is 0 Å². The molecule has 0 aliphatic heterocycles. The first-order valence-corrected chi connectivity index (χ1v) is 12.1. The molecular weight excluding hydrogens is 352 g/mol. The monoisotopic (exact) mass is 382 g/mol. The average Bonchev–Trinajstić information content (AvgIpc) is 3.17. The number of allylic oxidation sites excluding steroid dienone is 1. The summed E-state index contributed by atoms with van der Waals surface area (Å²) in [6.07, 6.45) is 16.8. The van der Waals surface area contributed by atoms with E-state index >= 15 is 0 Å². The van der Waals surface area contributed by atoms with Crippen LogP contribution in [0.5, 0.6) is 0 Å². The van der Waals surface area contributed by atoms with Crippen LogP contribution in [0, 0.1) is 5.92 Å². The van der Waals surface area contributed by atoms with Crippen LogP contribution in [-0.4, -0.2) is 0 Å². The van der Waals surface area contributed by atoms with E-state index in [1.54, 1.807) is 4.88 Å². The Bertz CT molecular complexity index is 909. The van der Waals surface area contributed by atoms with E-state index in [1.165, 1.54) is 88.4 Å². The standard InChI is InChI=1S/C24H30S2/c1-3-5-7-9-17-11-13-19-21(15-17)25-24-20-14-12-18(10-8-6-4-2)16-22(20)26-23(19)24/h11-15,18H,3-10,16H2,1-2H3. The van der Waals surface area contributed by atoms with E-state index in [0.717, 1.165) is 5.92 Å². The molecule has 26 heavy (non-hydrogen) atoms. The van der Waals surface area contributed by atoms with Gasteiger partial charge in [0, 0.05) is 20.5 Å². The molecule has 0 saturated carbocycles. The molecule has 4 rings (SSSR count). The van der Waals surface area contributed by atoms with Gasteiger partial charge in [-0.2, -0.15) is 0 Å². The Morgan fingerprint density at radius 1 is 0.962 bits per heavy atom. The minimum absolute atomic E-state index is 0.762. The summed E-state index contributed by atoms with van der Waals surface area (Å²) in [6, 6.07) is 7.21. The second-order valence-electron chi connectivity index (χ2n) is 7.81. The van der Waals surface area contributed by atoms with Crippen LogP contribution in [0.4, 0.5) is 0 Å². The Kier molecular flexibility index (Phi) is 5.81. The van der Waals surface area contributed by atoms with E-state index in [-0.39, 0.29) is 0 Å². The summed E-state index contributed by atoms with van der Waals surface area (Å²) in [6.45, 7) is 4.57. The first-order valence-electron chi connectivity index (χ1n) is 10.4. The van der Waals surface area contributed by atoms with E-state index in [4.69, 9.17) is 0 Å². The van der Waals surface area contributed by atoms with Crippen LogP contribution < -0.4 is 0 Å². The number of hydrogen-bond donors (Lipinski definition) is 0. The Labute approximate surface area is 165 Å². The summed E-state index contributed by atoms with van der Waals surface area (Å²) in [5.41, 5.74) is 3.05. The fraction of sp³-hybridized carbons (Fsp3) is 0.500. The smallest absolute Gasteiger partial charge is 0.0538 e. The Hall–Kier alpha value is -1.12. The lowest BCUT2D eigenvalue weighted by molar-refractivity contribution is 0.539. The first-order chi connectivity index (χ1) is 12.8. The quantitative estimate of drug-likeness (QED) is 0.342. The topological polar surface area (TPSA) is 0 Å². The van der Waals surface area contributed by atoms with Gasteiger partial charge in [0.25, 0.3) is 0 Å². The fourth-order valence-electron chi connectivity index (χ4n) is 4.15. The fourth-order valence-corrected chi connectivity index (χ4v) is 7.06. The van der Waals surface area contributed by atoms with E-state index in [0.29, 0.717) is 0 Å². The van der Waals surface area contributed by atoms with Crippen LogP contribution in [0.25, 0.3) is 25.6 Å². The van der Waals surface area contributed by atoms with Gasteiger partial charge in [-0.25, -0.2) is 0 Å². The molecule has 1 aliphatic rings. The minimum Gasteiger partial charge on any atom is -0.138 e.